The van der Waals surface area contributed by atoms with Crippen LogP contribution in [0.4, 0.5) is 0 Å². The van der Waals surface area contributed by atoms with Crippen LogP contribution in [0.25, 0.3) is 0 Å². The molecule has 2 unspecified atom stereocenters. The minimum Gasteiger partial charge on any atom is -0.485 e. The third-order valence-corrected chi connectivity index (χ3v) is 8.20. The van der Waals surface area contributed by atoms with Crippen LogP contribution in [0.5, 0.6) is 5.75 Å². The molecule has 2 aliphatic carbocycles. The number of amides is 1. The minimum absolute atomic E-state index is 0.137. The van der Waals surface area contributed by atoms with Crippen LogP contribution in [0.3, 0.4) is 0 Å². The van der Waals surface area contributed by atoms with Gasteiger partial charge in [0.05, 0.1) is 6.10 Å². The van der Waals surface area contributed by atoms with E-state index in [0.29, 0.717) is 5.92 Å². The van der Waals surface area contributed by atoms with Crippen molar-refractivity contribution in [3.05, 3.63) is 41.6 Å². The summed E-state index contributed by atoms with van der Waals surface area (Å²) in [6, 6.07) is 6.26. The highest BCUT2D eigenvalue weighted by Crippen LogP contribution is 2.62. The Kier molecular flexibility index (Phi) is 4.94. The molecule has 1 amide bonds. The maximum Gasteiger partial charge on any atom is 0.241 e. The number of fused-ring (bicyclic) bond motifs is 3. The molecule has 4 aliphatic rings. The Morgan fingerprint density at radius 1 is 1.26 bits per heavy atom. The van der Waals surface area contributed by atoms with Gasteiger partial charge in [-0.1, -0.05) is 31.8 Å². The van der Waals surface area contributed by atoms with Gasteiger partial charge in [-0.25, -0.2) is 0 Å². The number of methoxy groups -OCH3 is 1. The van der Waals surface area contributed by atoms with Crippen LogP contribution in [-0.4, -0.2) is 36.7 Å². The van der Waals surface area contributed by atoms with Crippen LogP contribution in [-0.2, 0) is 14.9 Å². The van der Waals surface area contributed by atoms with E-state index in [4.69, 9.17) is 9.47 Å². The summed E-state index contributed by atoms with van der Waals surface area (Å²) in [5.41, 5.74) is 1.72. The first-order valence-electron chi connectivity index (χ1n) is 11.8. The highest BCUT2D eigenvalue weighted by atomic mass is 16.5. The van der Waals surface area contributed by atoms with Gasteiger partial charge in [0, 0.05) is 36.9 Å². The molecule has 2 aliphatic heterocycles. The molecule has 0 N–H and O–H groups in total. The molecule has 2 saturated carbocycles. The maximum absolute atomic E-state index is 14.2. The fourth-order valence-electron chi connectivity index (χ4n) is 6.25. The maximum atomic E-state index is 14.2. The predicted molar refractivity (Wildman–Crippen MR) is 121 cm³/mol. The zero-order valence-electron chi connectivity index (χ0n) is 19.0. The summed E-state index contributed by atoms with van der Waals surface area (Å²) in [6.07, 6.45) is 7.85. The Labute approximate surface area is 186 Å². The van der Waals surface area contributed by atoms with Gasteiger partial charge in [0.25, 0.3) is 0 Å². The molecule has 2 atom stereocenters. The lowest BCUT2D eigenvalue weighted by atomic mass is 9.53. The molecule has 0 aromatic heterocycles. The summed E-state index contributed by atoms with van der Waals surface area (Å²) in [6.45, 7) is 6.40. The number of benzene rings is 1. The number of rotatable bonds is 2. The monoisotopic (exact) mass is 419 g/mol. The van der Waals surface area contributed by atoms with Gasteiger partial charge in [0.15, 0.2) is 0 Å². The number of nitrogens with zero attached hydrogens (tertiary/aromatic N) is 1. The minimum atomic E-state index is -0.691. The average molecular weight is 420 g/mol. The Balaban J connectivity index is 1.67. The Hall–Kier alpha value is -2.25. The van der Waals surface area contributed by atoms with Crippen molar-refractivity contribution >= 4 is 5.91 Å². The second kappa shape index (κ2) is 7.41. The summed E-state index contributed by atoms with van der Waals surface area (Å²) in [5.74, 6) is 8.45. The van der Waals surface area contributed by atoms with Crippen molar-refractivity contribution in [2.24, 2.45) is 11.8 Å². The van der Waals surface area contributed by atoms with Crippen LogP contribution >= 0.6 is 0 Å². The van der Waals surface area contributed by atoms with Crippen LogP contribution in [0.1, 0.15) is 69.4 Å². The first-order valence-corrected chi connectivity index (χ1v) is 11.8. The number of likely N-dealkylation sites (tertiary alicyclic amines) is 1. The second-order valence-corrected chi connectivity index (χ2v) is 9.83. The van der Waals surface area contributed by atoms with Crippen molar-refractivity contribution in [2.75, 3.05) is 14.2 Å². The molecular weight excluding hydrogens is 386 g/mol. The lowest BCUT2D eigenvalue weighted by molar-refractivity contribution is -0.156. The van der Waals surface area contributed by atoms with E-state index in [-0.39, 0.29) is 17.9 Å². The van der Waals surface area contributed by atoms with Gasteiger partial charge in [0.1, 0.15) is 16.8 Å². The van der Waals surface area contributed by atoms with Crippen molar-refractivity contribution in [1.29, 1.82) is 0 Å². The summed E-state index contributed by atoms with van der Waals surface area (Å²) < 4.78 is 12.5. The SMILES string of the molecule is C=C1CC(CC)C2(C(=O)N1C)c1cc(C#CC3CC3)ccc1OC21CCC(OC)CC1. The molecule has 0 radical (unpaired) electrons. The largest absolute Gasteiger partial charge is 0.485 e. The molecule has 1 aromatic rings. The number of ether oxygens (including phenoxy) is 2. The highest BCUT2D eigenvalue weighted by Gasteiger charge is 2.69. The van der Waals surface area contributed by atoms with Crippen LogP contribution < -0.4 is 4.74 Å². The Morgan fingerprint density at radius 3 is 2.65 bits per heavy atom. The van der Waals surface area contributed by atoms with E-state index in [0.717, 1.165) is 61.1 Å². The van der Waals surface area contributed by atoms with E-state index >= 15 is 0 Å². The molecule has 0 bridgehead atoms. The van der Waals surface area contributed by atoms with E-state index in [2.05, 4.69) is 43.5 Å². The van der Waals surface area contributed by atoms with Crippen molar-refractivity contribution in [3.63, 3.8) is 0 Å². The van der Waals surface area contributed by atoms with Gasteiger partial charge in [-0.3, -0.25) is 4.79 Å². The molecule has 2 heterocycles. The van der Waals surface area contributed by atoms with Crippen molar-refractivity contribution in [2.45, 2.75) is 75.4 Å². The summed E-state index contributed by atoms with van der Waals surface area (Å²) in [7, 11) is 3.66. The molecule has 5 rings (SSSR count). The second-order valence-electron chi connectivity index (χ2n) is 9.83. The predicted octanol–water partition coefficient (Wildman–Crippen LogP) is 4.81. The van der Waals surface area contributed by atoms with Gasteiger partial charge in [-0.15, -0.1) is 0 Å². The van der Waals surface area contributed by atoms with E-state index in [9.17, 15) is 4.79 Å². The number of hydrogen-bond acceptors (Lipinski definition) is 3. The fourth-order valence-corrected chi connectivity index (χ4v) is 6.25. The van der Waals surface area contributed by atoms with Gasteiger partial charge in [0.2, 0.25) is 5.91 Å². The lowest BCUT2D eigenvalue weighted by Gasteiger charge is -2.54. The van der Waals surface area contributed by atoms with Gasteiger partial charge >= 0.3 is 0 Å². The summed E-state index contributed by atoms with van der Waals surface area (Å²) >= 11 is 0. The zero-order chi connectivity index (χ0) is 21.8. The molecule has 164 valence electrons. The normalized spacial score (nSPS) is 34.5. The summed E-state index contributed by atoms with van der Waals surface area (Å²) in [4.78, 5) is 16.0. The standard InChI is InChI=1S/C27H33NO3/c1-5-21-16-18(2)28(3)25(29)27(21)23-17-20(9-8-19-6-7-19)10-11-24(23)31-26(27)14-12-22(30-4)13-15-26/h10-11,17,19,21-22H,2,5-7,12-16H2,1,3-4H3. The smallest absolute Gasteiger partial charge is 0.241 e. The fraction of sp³-hybridized carbons (Fsp3) is 0.593. The molecule has 4 nitrogen and oxygen atoms in total. The number of hydrogen-bond donors (Lipinski definition) is 0. The average Bonchev–Trinajstić information content (AvgIpc) is 3.58. The first-order chi connectivity index (χ1) is 14.9. The first kappa shape index (κ1) is 20.6. The third kappa shape index (κ3) is 2.97. The van der Waals surface area contributed by atoms with Gasteiger partial charge < -0.3 is 14.4 Å². The van der Waals surface area contributed by atoms with Crippen molar-refractivity contribution < 1.29 is 14.3 Å². The zero-order valence-corrected chi connectivity index (χ0v) is 19.0. The highest BCUT2D eigenvalue weighted by molar-refractivity contribution is 5.94. The molecule has 3 fully saturated rings. The van der Waals surface area contributed by atoms with Crippen LogP contribution in [0.2, 0.25) is 0 Å². The van der Waals surface area contributed by atoms with E-state index in [1.165, 1.54) is 12.8 Å². The van der Waals surface area contributed by atoms with E-state index in [1.807, 2.05) is 7.05 Å². The quantitative estimate of drug-likeness (QED) is 0.646. The number of carbonyl (C=O) groups excluding carboxylic acids is 1. The Bertz CT molecular complexity index is 974. The topological polar surface area (TPSA) is 38.8 Å². The molecule has 2 spiro atoms. The molecule has 4 heteroatoms. The third-order valence-electron chi connectivity index (χ3n) is 8.20. The van der Waals surface area contributed by atoms with E-state index < -0.39 is 11.0 Å². The van der Waals surface area contributed by atoms with E-state index in [1.54, 1.807) is 12.0 Å². The lowest BCUT2D eigenvalue weighted by Crippen LogP contribution is -2.66. The van der Waals surface area contributed by atoms with Gasteiger partial charge in [-0.2, -0.15) is 0 Å². The van der Waals surface area contributed by atoms with Gasteiger partial charge in [-0.05, 0) is 69.1 Å². The number of likely N-dealkylation sites (N-methyl/N-ethyl adjacent to an activating group) is 1. The molecule has 31 heavy (non-hydrogen) atoms. The molecule has 1 aromatic carbocycles. The van der Waals surface area contributed by atoms with Crippen LogP contribution in [0, 0.1) is 23.7 Å². The molecule has 1 saturated heterocycles. The molecular formula is C27H33NO3. The summed E-state index contributed by atoms with van der Waals surface area (Å²) in [5, 5.41) is 0. The van der Waals surface area contributed by atoms with Crippen molar-refractivity contribution in [3.8, 4) is 17.6 Å². The number of carbonyl (C=O) groups is 1. The number of allylic oxidation sites excluding steroid dienone is 1. The van der Waals surface area contributed by atoms with Crippen LogP contribution in [0.15, 0.2) is 30.5 Å². The Morgan fingerprint density at radius 2 is 2.00 bits per heavy atom. The number of piperidine rings is 1. The van der Waals surface area contributed by atoms with Crippen molar-refractivity contribution in [1.82, 2.24) is 4.90 Å².